The Morgan fingerprint density at radius 2 is 1.82 bits per heavy atom. The molecule has 4 atom stereocenters. The first kappa shape index (κ1) is 22.7. The number of aromatic nitrogens is 3. The quantitative estimate of drug-likeness (QED) is 0.690. The van der Waals surface area contributed by atoms with Crippen LogP contribution in [0.4, 0.5) is 19.0 Å². The number of aliphatic hydroxyl groups is 1. The molecule has 5 rings (SSSR count). The normalized spacial score (nSPS) is 28.5. The van der Waals surface area contributed by atoms with E-state index in [1.807, 2.05) is 10.7 Å². The fraction of sp³-hybridized carbons (Fsp3) is 0.667. The first-order valence-electron chi connectivity index (χ1n) is 11.9. The summed E-state index contributed by atoms with van der Waals surface area (Å²) in [7, 11) is 0. The van der Waals surface area contributed by atoms with Crippen LogP contribution in [0.15, 0.2) is 18.3 Å². The lowest BCUT2D eigenvalue weighted by Crippen LogP contribution is -2.41. The third kappa shape index (κ3) is 4.14. The van der Waals surface area contributed by atoms with Gasteiger partial charge < -0.3 is 15.7 Å². The van der Waals surface area contributed by atoms with Crippen LogP contribution in [0.25, 0.3) is 11.3 Å². The molecule has 0 unspecified atom stereocenters. The number of hydrogen-bond acceptors (Lipinski definition) is 5. The van der Waals surface area contributed by atoms with E-state index in [1.165, 1.54) is 19.0 Å². The van der Waals surface area contributed by atoms with Crippen molar-refractivity contribution in [3.8, 4) is 11.3 Å². The molecule has 2 aromatic rings. The fourth-order valence-electron chi connectivity index (χ4n) is 6.10. The molecular formula is C24H32F3N5O. The maximum atomic E-state index is 13.3. The molecule has 0 amide bonds. The second-order valence-corrected chi connectivity index (χ2v) is 10.3. The van der Waals surface area contributed by atoms with Gasteiger partial charge >= 0.3 is 6.18 Å². The number of rotatable bonds is 5. The number of likely N-dealkylation sites (tertiary alicyclic amines) is 1. The summed E-state index contributed by atoms with van der Waals surface area (Å²) in [5.74, 6) is 1.58. The third-order valence-electron chi connectivity index (χ3n) is 7.96. The Balaban J connectivity index is 1.33. The largest absolute Gasteiger partial charge is 0.419 e. The highest BCUT2D eigenvalue weighted by atomic mass is 19.4. The van der Waals surface area contributed by atoms with Crippen molar-refractivity contribution < 1.29 is 18.3 Å². The highest BCUT2D eigenvalue weighted by Gasteiger charge is 2.58. The predicted octanol–water partition coefficient (Wildman–Crippen LogP) is 4.32. The van der Waals surface area contributed by atoms with Gasteiger partial charge in [0.1, 0.15) is 5.82 Å². The zero-order valence-corrected chi connectivity index (χ0v) is 19.1. The van der Waals surface area contributed by atoms with Gasteiger partial charge in [-0.05, 0) is 82.5 Å². The van der Waals surface area contributed by atoms with Crippen molar-refractivity contribution in [2.75, 3.05) is 25.4 Å². The number of hydrogen-bond donors (Lipinski definition) is 2. The van der Waals surface area contributed by atoms with E-state index in [2.05, 4.69) is 28.8 Å². The standard InChI is InChI=1S/C24H32F3N5O/c1-13(2)32-21(10-20(30-32)15-7-19(24(25,26)27)23(28)29-11-15)22-17-8-16(9-18(17)22)31-5-3-14(12-33)4-6-31/h7,10-11,13-14,16-18,22,33H,3-6,8-9,12H2,1-2H3,(H2,28,29)/t16-,17-,18+,22+. The topological polar surface area (TPSA) is 80.2 Å². The summed E-state index contributed by atoms with van der Waals surface area (Å²) in [5.41, 5.74) is 6.54. The molecule has 2 aliphatic carbocycles. The molecule has 9 heteroatoms. The summed E-state index contributed by atoms with van der Waals surface area (Å²) in [6.07, 6.45) is 1.31. The van der Waals surface area contributed by atoms with E-state index < -0.39 is 17.6 Å². The number of nitrogen functional groups attached to an aromatic ring is 1. The number of alkyl halides is 3. The molecular weight excluding hydrogens is 431 g/mol. The van der Waals surface area contributed by atoms with Gasteiger partial charge in [0.15, 0.2) is 0 Å². The van der Waals surface area contributed by atoms with E-state index in [1.54, 1.807) is 0 Å². The van der Waals surface area contributed by atoms with Crippen LogP contribution in [-0.2, 0) is 6.18 Å². The van der Waals surface area contributed by atoms with Crippen molar-refractivity contribution in [3.05, 3.63) is 29.6 Å². The number of anilines is 1. The van der Waals surface area contributed by atoms with Crippen LogP contribution >= 0.6 is 0 Å². The number of aliphatic hydroxyl groups excluding tert-OH is 1. The molecule has 3 fully saturated rings. The van der Waals surface area contributed by atoms with E-state index in [4.69, 9.17) is 5.73 Å². The van der Waals surface area contributed by atoms with Crippen LogP contribution in [-0.4, -0.2) is 50.5 Å². The van der Waals surface area contributed by atoms with Crippen molar-refractivity contribution >= 4 is 5.82 Å². The van der Waals surface area contributed by atoms with Crippen LogP contribution in [0, 0.1) is 17.8 Å². The summed E-state index contributed by atoms with van der Waals surface area (Å²) in [4.78, 5) is 6.38. The number of nitrogens with two attached hydrogens (primary N) is 1. The Kier molecular flexibility index (Phi) is 5.68. The van der Waals surface area contributed by atoms with Gasteiger partial charge in [0.2, 0.25) is 0 Å². The van der Waals surface area contributed by atoms with Gasteiger partial charge in [0.25, 0.3) is 0 Å². The minimum absolute atomic E-state index is 0.118. The summed E-state index contributed by atoms with van der Waals surface area (Å²) < 4.78 is 41.9. The van der Waals surface area contributed by atoms with Crippen LogP contribution in [0.2, 0.25) is 0 Å². The lowest BCUT2D eigenvalue weighted by Gasteiger charge is -2.36. The highest BCUT2D eigenvalue weighted by molar-refractivity contribution is 5.63. The summed E-state index contributed by atoms with van der Waals surface area (Å²) in [6, 6.07) is 3.74. The van der Waals surface area contributed by atoms with E-state index >= 15 is 0 Å². The van der Waals surface area contributed by atoms with Crippen molar-refractivity contribution in [1.29, 1.82) is 0 Å². The average Bonchev–Trinajstić information content (AvgIpc) is 3.13. The van der Waals surface area contributed by atoms with Gasteiger partial charge in [-0.1, -0.05) is 0 Å². The lowest BCUT2D eigenvalue weighted by atomic mass is 9.94. The number of nitrogens with zero attached hydrogens (tertiary/aromatic N) is 4. The first-order chi connectivity index (χ1) is 15.7. The van der Waals surface area contributed by atoms with Crippen molar-refractivity contribution in [3.63, 3.8) is 0 Å². The second-order valence-electron chi connectivity index (χ2n) is 10.3. The van der Waals surface area contributed by atoms with Crippen LogP contribution in [0.5, 0.6) is 0 Å². The smallest absolute Gasteiger partial charge is 0.396 e. The minimum Gasteiger partial charge on any atom is -0.396 e. The molecule has 0 spiro atoms. The van der Waals surface area contributed by atoms with E-state index in [0.29, 0.717) is 47.6 Å². The summed E-state index contributed by atoms with van der Waals surface area (Å²) >= 11 is 0. The van der Waals surface area contributed by atoms with E-state index in [9.17, 15) is 18.3 Å². The number of fused-ring (bicyclic) bond motifs is 1. The Hall–Kier alpha value is -2.13. The number of pyridine rings is 1. The van der Waals surface area contributed by atoms with Crippen LogP contribution in [0.3, 0.4) is 0 Å². The molecule has 3 heterocycles. The number of piperidine rings is 1. The highest BCUT2D eigenvalue weighted by Crippen LogP contribution is 2.64. The molecule has 0 radical (unpaired) electrons. The van der Waals surface area contributed by atoms with Gasteiger partial charge in [-0.3, -0.25) is 4.68 Å². The molecule has 6 nitrogen and oxygen atoms in total. The van der Waals surface area contributed by atoms with Crippen molar-refractivity contribution in [1.82, 2.24) is 19.7 Å². The second kappa shape index (κ2) is 8.27. The molecule has 2 saturated carbocycles. The van der Waals surface area contributed by atoms with Gasteiger partial charge in [-0.2, -0.15) is 18.3 Å². The molecule has 180 valence electrons. The lowest BCUT2D eigenvalue weighted by molar-refractivity contribution is -0.137. The van der Waals surface area contributed by atoms with Gasteiger partial charge in [0.05, 0.1) is 11.3 Å². The van der Waals surface area contributed by atoms with Crippen LogP contribution in [0.1, 0.15) is 62.7 Å². The Morgan fingerprint density at radius 3 is 2.39 bits per heavy atom. The van der Waals surface area contributed by atoms with Gasteiger partial charge in [-0.15, -0.1) is 0 Å². The molecule has 33 heavy (non-hydrogen) atoms. The van der Waals surface area contributed by atoms with Crippen LogP contribution < -0.4 is 5.73 Å². The Morgan fingerprint density at radius 1 is 1.15 bits per heavy atom. The maximum Gasteiger partial charge on any atom is 0.419 e. The molecule has 3 N–H and O–H groups in total. The monoisotopic (exact) mass is 463 g/mol. The summed E-state index contributed by atoms with van der Waals surface area (Å²) in [5, 5.41) is 14.1. The zero-order chi connectivity index (χ0) is 23.5. The molecule has 0 bridgehead atoms. The van der Waals surface area contributed by atoms with Crippen molar-refractivity contribution in [2.45, 2.75) is 63.7 Å². The molecule has 0 aromatic carbocycles. The number of halogens is 3. The van der Waals surface area contributed by atoms with Gasteiger partial charge in [-0.25, -0.2) is 4.98 Å². The Bertz CT molecular complexity index is 1000. The average molecular weight is 464 g/mol. The SMILES string of the molecule is CC(C)n1nc(-c2cnc(N)c(C(F)(F)F)c2)cc1[C@H]1[C@@H]2C[C@@H](N3CCC(CO)CC3)C[C@@H]21. The molecule has 3 aliphatic rings. The van der Waals surface area contributed by atoms with Crippen molar-refractivity contribution in [2.24, 2.45) is 17.8 Å². The van der Waals surface area contributed by atoms with Gasteiger partial charge in [0, 0.05) is 42.1 Å². The Labute approximate surface area is 192 Å². The van der Waals surface area contributed by atoms with E-state index in [-0.39, 0.29) is 6.04 Å². The molecule has 1 aliphatic heterocycles. The predicted molar refractivity (Wildman–Crippen MR) is 119 cm³/mol. The fourth-order valence-corrected chi connectivity index (χ4v) is 6.10. The zero-order valence-electron chi connectivity index (χ0n) is 19.1. The maximum absolute atomic E-state index is 13.3. The minimum atomic E-state index is -4.55. The molecule has 2 aromatic heterocycles. The first-order valence-corrected chi connectivity index (χ1v) is 11.9. The third-order valence-corrected chi connectivity index (χ3v) is 7.96. The summed E-state index contributed by atoms with van der Waals surface area (Å²) in [6.45, 7) is 6.53. The molecule has 1 saturated heterocycles. The van der Waals surface area contributed by atoms with E-state index in [0.717, 1.165) is 37.7 Å².